The molecule has 2 aliphatic heterocycles. The van der Waals surface area contributed by atoms with E-state index in [0.29, 0.717) is 13.7 Å². The first kappa shape index (κ1) is 27.3. The summed E-state index contributed by atoms with van der Waals surface area (Å²) in [6.07, 6.45) is 10.2. The molecule has 2 atom stereocenters. The van der Waals surface area contributed by atoms with Crippen molar-refractivity contribution in [1.82, 2.24) is 8.95 Å². The van der Waals surface area contributed by atoms with E-state index in [1.54, 1.807) is 0 Å². The van der Waals surface area contributed by atoms with E-state index in [2.05, 4.69) is 103 Å². The summed E-state index contributed by atoms with van der Waals surface area (Å²) < 4.78 is 12.6. The van der Waals surface area contributed by atoms with Gasteiger partial charge < -0.3 is 0 Å². The molecule has 0 amide bonds. The largest absolute Gasteiger partial charge is 0.147 e. The molecule has 0 aromatic carbocycles. The summed E-state index contributed by atoms with van der Waals surface area (Å²) in [5, 5.41) is 0. The van der Waals surface area contributed by atoms with E-state index in [-0.39, 0.29) is 24.8 Å². The van der Waals surface area contributed by atoms with Crippen molar-refractivity contribution in [2.45, 2.75) is 69.2 Å². The predicted molar refractivity (Wildman–Crippen MR) is 134 cm³/mol. The molecule has 0 radical (unpaired) electrons. The van der Waals surface area contributed by atoms with Gasteiger partial charge in [-0.15, -0.1) is 24.8 Å². The van der Waals surface area contributed by atoms with Gasteiger partial charge in [0.25, 0.3) is 0 Å². The maximum atomic E-state index is 2.74. The quantitative estimate of drug-likeness (QED) is 0.452. The number of halogens is 2. The monoisotopic (exact) mass is 526 g/mol. The molecule has 0 fully saturated rings. The van der Waals surface area contributed by atoms with Crippen LogP contribution in [0.5, 0.6) is 0 Å². The van der Waals surface area contributed by atoms with Crippen LogP contribution in [0.25, 0.3) is 0 Å². The van der Waals surface area contributed by atoms with Gasteiger partial charge in [0.05, 0.1) is 0 Å². The van der Waals surface area contributed by atoms with Gasteiger partial charge in [0.15, 0.2) is 0 Å². The summed E-state index contributed by atoms with van der Waals surface area (Å²) in [7, 11) is -2.56. The normalized spacial score (nSPS) is 24.1. The summed E-state index contributed by atoms with van der Waals surface area (Å²) in [4.78, 5) is 0. The molecule has 0 saturated carbocycles. The van der Waals surface area contributed by atoms with Gasteiger partial charge in [0.2, 0.25) is 0 Å². The van der Waals surface area contributed by atoms with Gasteiger partial charge in [-0.2, -0.15) is 0 Å². The van der Waals surface area contributed by atoms with Crippen molar-refractivity contribution >= 4 is 61.9 Å². The summed E-state index contributed by atoms with van der Waals surface area (Å²) in [6, 6.07) is 0. The first-order valence-corrected chi connectivity index (χ1v) is 30.1. The summed E-state index contributed by atoms with van der Waals surface area (Å²) in [6.45, 7) is 23.7. The molecule has 0 aromatic rings. The minimum absolute atomic E-state index is 0. The second-order valence-electron chi connectivity index (χ2n) is 11.3. The third kappa shape index (κ3) is 4.90. The van der Waals surface area contributed by atoms with Crippen LogP contribution in [0.3, 0.4) is 0 Å². The van der Waals surface area contributed by atoms with Crippen LogP contribution in [0.15, 0.2) is 24.6 Å². The zero-order chi connectivity index (χ0) is 18.7. The smallest absolute Gasteiger partial charge is 0.147 e. The van der Waals surface area contributed by atoms with Crippen LogP contribution in [0.1, 0.15) is 0 Å². The summed E-state index contributed by atoms with van der Waals surface area (Å²) >= 11 is -2.93. The third-order valence-electron chi connectivity index (χ3n) is 6.56. The molecule has 2 unspecified atom stereocenters. The Morgan fingerprint density at radius 3 is 1.23 bits per heavy atom. The Hall–Kier alpha value is 1.32. The van der Waals surface area contributed by atoms with Crippen LogP contribution in [0.2, 0.25) is 69.2 Å². The van der Waals surface area contributed by atoms with Crippen molar-refractivity contribution in [3.63, 3.8) is 0 Å². The fourth-order valence-corrected chi connectivity index (χ4v) is 28.8. The second kappa shape index (κ2) is 8.22. The van der Waals surface area contributed by atoms with Gasteiger partial charge in [-0.05, 0) is 0 Å². The van der Waals surface area contributed by atoms with Gasteiger partial charge in [-0.3, -0.25) is 0 Å². The predicted octanol–water partition coefficient (Wildman–Crippen LogP) is 5.39. The summed E-state index contributed by atoms with van der Waals surface area (Å²) in [5.41, 5.74) is 0. The maximum Gasteiger partial charge on any atom is -0.147 e. The molecule has 10 heteroatoms. The second-order valence-corrected chi connectivity index (χ2v) is 51.9. The number of nitrogens with zero attached hydrogens (tertiary/aromatic N) is 2. The molecule has 2 rings (SSSR count). The Kier molecular flexibility index (Phi) is 8.64. The van der Waals surface area contributed by atoms with Crippen molar-refractivity contribution in [2.24, 2.45) is 0 Å². The van der Waals surface area contributed by atoms with E-state index in [9.17, 15) is 0 Å². The van der Waals surface area contributed by atoms with E-state index in [4.69, 9.17) is 0 Å². The van der Waals surface area contributed by atoms with E-state index in [0.717, 1.165) is 7.05 Å². The van der Waals surface area contributed by atoms with Crippen LogP contribution in [-0.2, 0) is 17.4 Å². The molecule has 0 saturated heterocycles. The van der Waals surface area contributed by atoms with Crippen LogP contribution in [0.4, 0.5) is 0 Å². The average molecular weight is 529 g/mol. The Balaban J connectivity index is 0.00000312. The van der Waals surface area contributed by atoms with Crippen molar-refractivity contribution < 1.29 is 17.4 Å². The van der Waals surface area contributed by atoms with E-state index >= 15 is 0 Å². The molecule has 0 N–H and O–H groups in total. The molecule has 2 nitrogen and oxygen atoms in total. The van der Waals surface area contributed by atoms with E-state index < -0.39 is 33.9 Å². The van der Waals surface area contributed by atoms with Crippen LogP contribution in [-0.4, -0.2) is 46.0 Å². The molecule has 0 aromatic heterocycles. The van der Waals surface area contributed by atoms with Crippen molar-refractivity contribution in [1.29, 1.82) is 0 Å². The fourth-order valence-electron chi connectivity index (χ4n) is 5.42. The minimum atomic E-state index is -2.93. The number of hydrogen-bond acceptors (Lipinski definition) is 2. The third-order valence-corrected chi connectivity index (χ3v) is 30.4. The van der Waals surface area contributed by atoms with Crippen LogP contribution in [0, 0.1) is 0 Å². The Morgan fingerprint density at radius 2 is 1.04 bits per heavy atom. The van der Waals surface area contributed by atoms with Gasteiger partial charge in [-0.1, -0.05) is 0 Å². The van der Waals surface area contributed by atoms with E-state index in [1.807, 2.05) is 0 Å². The van der Waals surface area contributed by atoms with E-state index in [1.165, 1.54) is 0 Å². The SMILES string of the molecule is CB1[CH]([Zr]([CH3])([CH3])(=[SiH2])[CH]2C=CN([Si](C)(C)C)B2C)C=CN1[Si](C)(C)C.Cl.Cl. The zero-order valence-corrected chi connectivity index (χ0v) is 26.0. The first-order valence-electron chi connectivity index (χ1n) is 9.57. The van der Waals surface area contributed by atoms with Crippen molar-refractivity contribution in [2.75, 3.05) is 0 Å². The molecule has 2 heterocycles. The number of hydrogen-bond donors (Lipinski definition) is 0. The molecule has 2 aliphatic rings. The van der Waals surface area contributed by atoms with Gasteiger partial charge in [0, 0.05) is 0 Å². The number of rotatable bonds is 4. The zero-order valence-electron chi connectivity index (χ0n) is 18.5. The molecule has 150 valence electrons. The van der Waals surface area contributed by atoms with Crippen molar-refractivity contribution in [3.8, 4) is 0 Å². The van der Waals surface area contributed by atoms with Crippen LogP contribution >= 0.6 is 24.8 Å². The average Bonchev–Trinajstić information content (AvgIpc) is 2.90. The molecular formula is C16H40B2Cl2N2Si3Zr. The van der Waals surface area contributed by atoms with Gasteiger partial charge in [-0.25, -0.2) is 0 Å². The van der Waals surface area contributed by atoms with Gasteiger partial charge >= 0.3 is 157 Å². The number of allylic oxidation sites excluding steroid dienone is 2. The molecule has 0 spiro atoms. The molecular weight excluding hydrogens is 488 g/mol. The Bertz CT molecular complexity index is 592. The Labute approximate surface area is 180 Å². The fraction of sp³-hybridized carbons (Fsp3) is 0.750. The maximum absolute atomic E-state index is 2.93. The van der Waals surface area contributed by atoms with Gasteiger partial charge in [0.1, 0.15) is 0 Å². The molecule has 26 heavy (non-hydrogen) atoms. The first-order chi connectivity index (χ1) is 10.6. The topological polar surface area (TPSA) is 6.48 Å². The molecule has 0 bridgehead atoms. The Morgan fingerprint density at radius 1 is 0.769 bits per heavy atom. The summed E-state index contributed by atoms with van der Waals surface area (Å²) in [5.74, 6) is 0. The minimum Gasteiger partial charge on any atom is -0.147 e. The standard InChI is InChI=1S/2C7H15BNSi.2CH3.2ClH.H2Si.Zr/c2*1-8-6-5-7-9(8)10(2,3)4;;;;;;/h2*5-7H,1-4H3;2*1H3;2*1H;1H2;. The molecule has 0 aliphatic carbocycles. The van der Waals surface area contributed by atoms with Crippen LogP contribution < -0.4 is 0 Å². The van der Waals surface area contributed by atoms with Crippen molar-refractivity contribution in [3.05, 3.63) is 24.6 Å².